The van der Waals surface area contributed by atoms with E-state index in [4.69, 9.17) is 0 Å². The van der Waals surface area contributed by atoms with Crippen molar-refractivity contribution in [3.63, 3.8) is 0 Å². The number of carbonyl (C=O) groups is 2. The van der Waals surface area contributed by atoms with Gasteiger partial charge in [-0.2, -0.15) is 0 Å². The van der Waals surface area contributed by atoms with Crippen molar-refractivity contribution in [1.82, 2.24) is 5.32 Å². The van der Waals surface area contributed by atoms with Gasteiger partial charge in [0, 0.05) is 6.42 Å². The fourth-order valence-electron chi connectivity index (χ4n) is 1.71. The van der Waals surface area contributed by atoms with Gasteiger partial charge in [-0.15, -0.1) is 0 Å². The Morgan fingerprint density at radius 2 is 2.17 bits per heavy atom. The predicted octanol–water partition coefficient (Wildman–Crippen LogP) is 0.0231. The van der Waals surface area contributed by atoms with Crippen molar-refractivity contribution in [3.8, 4) is 0 Å². The van der Waals surface area contributed by atoms with E-state index in [2.05, 4.69) is 10.1 Å². The number of cyclic esters (lactones) is 1. The number of hydrogen-bond acceptors (Lipinski definition) is 5. The lowest BCUT2D eigenvalue weighted by Gasteiger charge is -2.09. The summed E-state index contributed by atoms with van der Waals surface area (Å²) in [6.45, 7) is 2.25. The number of nitrogens with one attached hydrogen (secondary N) is 1. The zero-order chi connectivity index (χ0) is 13.6. The largest absolute Gasteiger partial charge is 0.464 e. The summed E-state index contributed by atoms with van der Waals surface area (Å²) in [5, 5.41) is 2.38. The minimum absolute atomic E-state index is 0.0172. The molecule has 1 rings (SSSR count). The first-order valence-electron chi connectivity index (χ1n) is 6.11. The third-order valence-electron chi connectivity index (χ3n) is 2.68. The molecule has 0 aromatic heterocycles. The maximum absolute atomic E-state index is 11.6. The topological polar surface area (TPSA) is 89.5 Å². The maximum atomic E-state index is 11.6. The Bertz CT molecular complexity index is 404. The summed E-state index contributed by atoms with van der Waals surface area (Å²) in [5.74, 6) is -1.66. The summed E-state index contributed by atoms with van der Waals surface area (Å²) in [4.78, 5) is 22.6. The van der Waals surface area contributed by atoms with Crippen molar-refractivity contribution >= 4 is 21.7 Å². The van der Waals surface area contributed by atoms with Crippen molar-refractivity contribution < 1.29 is 22.7 Å². The van der Waals surface area contributed by atoms with Gasteiger partial charge in [-0.05, 0) is 6.42 Å². The number of hydrogen-bond donors (Lipinski definition) is 1. The average molecular weight is 277 g/mol. The van der Waals surface area contributed by atoms with E-state index in [-0.39, 0.29) is 12.4 Å². The fraction of sp³-hybridized carbons (Fsp3) is 0.818. The molecular weight excluding hydrogens is 258 g/mol. The number of ether oxygens (including phenoxy) is 1. The lowest BCUT2D eigenvalue weighted by molar-refractivity contribution is -0.141. The van der Waals surface area contributed by atoms with Crippen LogP contribution in [0.5, 0.6) is 0 Å². The van der Waals surface area contributed by atoms with Crippen LogP contribution in [0.1, 0.15) is 32.6 Å². The molecule has 0 aromatic carbocycles. The molecule has 0 aromatic rings. The highest BCUT2D eigenvalue weighted by molar-refractivity contribution is 7.92. The van der Waals surface area contributed by atoms with Crippen LogP contribution in [0.4, 0.5) is 0 Å². The summed E-state index contributed by atoms with van der Waals surface area (Å²) in [7, 11) is -3.38. The van der Waals surface area contributed by atoms with Gasteiger partial charge in [-0.3, -0.25) is 4.79 Å². The number of unbranched alkanes of at least 4 members (excludes halogenated alkanes) is 2. The SMILES string of the molecule is CCCCCS(=O)(=O)CC(=O)NC1CCOC1=O. The van der Waals surface area contributed by atoms with Crippen molar-refractivity contribution in [1.29, 1.82) is 0 Å². The van der Waals surface area contributed by atoms with Crippen LogP contribution in [0.2, 0.25) is 0 Å². The van der Waals surface area contributed by atoms with E-state index >= 15 is 0 Å². The fourth-order valence-corrected chi connectivity index (χ4v) is 2.98. The second-order valence-corrected chi connectivity index (χ2v) is 6.56. The molecule has 1 aliphatic rings. The summed E-state index contributed by atoms with van der Waals surface area (Å²) in [5.41, 5.74) is 0. The highest BCUT2D eigenvalue weighted by atomic mass is 32.2. The molecule has 18 heavy (non-hydrogen) atoms. The van der Waals surface area contributed by atoms with Crippen LogP contribution in [0.15, 0.2) is 0 Å². The number of rotatable bonds is 7. The number of sulfone groups is 1. The van der Waals surface area contributed by atoms with E-state index in [0.717, 1.165) is 12.8 Å². The molecule has 7 heteroatoms. The van der Waals surface area contributed by atoms with Gasteiger partial charge in [0.2, 0.25) is 5.91 Å². The summed E-state index contributed by atoms with van der Waals surface area (Å²) < 4.78 is 27.9. The Hall–Kier alpha value is -1.11. The number of carbonyl (C=O) groups excluding carboxylic acids is 2. The van der Waals surface area contributed by atoms with E-state index in [9.17, 15) is 18.0 Å². The normalized spacial score (nSPS) is 19.6. The van der Waals surface area contributed by atoms with Crippen molar-refractivity contribution in [2.45, 2.75) is 38.6 Å². The van der Waals surface area contributed by atoms with Crippen LogP contribution in [-0.2, 0) is 24.2 Å². The first-order valence-corrected chi connectivity index (χ1v) is 7.93. The number of esters is 1. The zero-order valence-electron chi connectivity index (χ0n) is 10.5. The lowest BCUT2D eigenvalue weighted by atomic mass is 10.2. The second kappa shape index (κ2) is 6.72. The van der Waals surface area contributed by atoms with E-state index in [1.54, 1.807) is 0 Å². The maximum Gasteiger partial charge on any atom is 0.328 e. The second-order valence-electron chi connectivity index (χ2n) is 4.38. The van der Waals surface area contributed by atoms with E-state index < -0.39 is 33.5 Å². The number of amides is 1. The van der Waals surface area contributed by atoms with Crippen molar-refractivity contribution in [2.24, 2.45) is 0 Å². The van der Waals surface area contributed by atoms with Crippen LogP contribution in [0.3, 0.4) is 0 Å². The Labute approximate surface area is 107 Å². The summed E-state index contributed by atoms with van der Waals surface area (Å²) in [6.07, 6.45) is 2.73. The molecule has 1 fully saturated rings. The first kappa shape index (κ1) is 14.9. The monoisotopic (exact) mass is 277 g/mol. The third kappa shape index (κ3) is 5.03. The molecule has 1 unspecified atom stereocenters. The minimum Gasteiger partial charge on any atom is -0.464 e. The quantitative estimate of drug-likeness (QED) is 0.523. The molecule has 104 valence electrons. The molecule has 0 bridgehead atoms. The molecular formula is C11H19NO5S. The van der Waals surface area contributed by atoms with Crippen molar-refractivity contribution in [3.05, 3.63) is 0 Å². The molecule has 1 aliphatic heterocycles. The van der Waals surface area contributed by atoms with Gasteiger partial charge in [0.05, 0.1) is 12.4 Å². The average Bonchev–Trinajstić information content (AvgIpc) is 2.63. The minimum atomic E-state index is -3.38. The van der Waals surface area contributed by atoms with Crippen LogP contribution < -0.4 is 5.32 Å². The van der Waals surface area contributed by atoms with Gasteiger partial charge in [0.15, 0.2) is 9.84 Å². The van der Waals surface area contributed by atoms with Crippen LogP contribution >= 0.6 is 0 Å². The molecule has 0 aliphatic carbocycles. The smallest absolute Gasteiger partial charge is 0.328 e. The van der Waals surface area contributed by atoms with Gasteiger partial charge >= 0.3 is 5.97 Å². The first-order chi connectivity index (χ1) is 8.44. The molecule has 6 nitrogen and oxygen atoms in total. The van der Waals surface area contributed by atoms with Crippen LogP contribution in [-0.4, -0.2) is 44.4 Å². The van der Waals surface area contributed by atoms with Gasteiger partial charge in [-0.25, -0.2) is 13.2 Å². The van der Waals surface area contributed by atoms with Crippen molar-refractivity contribution in [2.75, 3.05) is 18.1 Å². The van der Waals surface area contributed by atoms with E-state index in [1.165, 1.54) is 0 Å². The third-order valence-corrected chi connectivity index (χ3v) is 4.29. The van der Waals surface area contributed by atoms with Gasteiger partial charge in [0.25, 0.3) is 0 Å². The van der Waals surface area contributed by atoms with Gasteiger partial charge in [-0.1, -0.05) is 19.8 Å². The van der Waals surface area contributed by atoms with Crippen LogP contribution in [0.25, 0.3) is 0 Å². The Kier molecular flexibility index (Phi) is 5.58. The Morgan fingerprint density at radius 3 is 2.72 bits per heavy atom. The van der Waals surface area contributed by atoms with E-state index in [1.807, 2.05) is 6.92 Å². The van der Waals surface area contributed by atoms with Gasteiger partial charge < -0.3 is 10.1 Å². The molecule has 1 saturated heterocycles. The Morgan fingerprint density at radius 1 is 1.44 bits per heavy atom. The Balaban J connectivity index is 2.36. The van der Waals surface area contributed by atoms with Gasteiger partial charge in [0.1, 0.15) is 11.8 Å². The highest BCUT2D eigenvalue weighted by Gasteiger charge is 2.29. The summed E-state index contributed by atoms with van der Waals surface area (Å²) in [6, 6.07) is -0.691. The zero-order valence-corrected chi connectivity index (χ0v) is 11.3. The standard InChI is InChI=1S/C11H19NO5S/c1-2-3-4-7-18(15,16)8-10(13)12-9-5-6-17-11(9)14/h9H,2-8H2,1H3,(H,12,13). The molecule has 1 amide bonds. The molecule has 0 saturated carbocycles. The molecule has 1 heterocycles. The lowest BCUT2D eigenvalue weighted by Crippen LogP contribution is -2.41. The molecule has 0 spiro atoms. The van der Waals surface area contributed by atoms with Crippen LogP contribution in [0, 0.1) is 0 Å². The molecule has 1 atom stereocenters. The molecule has 1 N–H and O–H groups in total. The molecule has 0 radical (unpaired) electrons. The van der Waals surface area contributed by atoms with E-state index in [0.29, 0.717) is 12.8 Å². The predicted molar refractivity (Wildman–Crippen MR) is 65.7 cm³/mol. The summed E-state index contributed by atoms with van der Waals surface area (Å²) >= 11 is 0. The highest BCUT2D eigenvalue weighted by Crippen LogP contribution is 2.06.